The van der Waals surface area contributed by atoms with Gasteiger partial charge in [0.2, 0.25) is 5.82 Å². The molecule has 0 saturated carbocycles. The topological polar surface area (TPSA) is 55.0 Å². The zero-order valence-electron chi connectivity index (χ0n) is 7.33. The molecule has 1 aromatic heterocycles. The maximum absolute atomic E-state index is 11.1. The SMILES string of the molecule is COC(=O)c1nc2c([nH]1)=CCCC=2. The standard InChI is InChI=1S/C9H10N2O2/c1-13-9(12)8-10-6-4-2-3-5-7(6)11-8/h4-5H,2-3H2,1H3,(H,10,11). The van der Waals surface area contributed by atoms with Gasteiger partial charge in [-0.25, -0.2) is 9.78 Å². The van der Waals surface area contributed by atoms with Crippen LogP contribution >= 0.6 is 0 Å². The minimum absolute atomic E-state index is 0.280. The van der Waals surface area contributed by atoms with Gasteiger partial charge >= 0.3 is 5.97 Å². The second kappa shape index (κ2) is 3.05. The van der Waals surface area contributed by atoms with Crippen LogP contribution in [0, 0.1) is 0 Å². The average Bonchev–Trinajstić information content (AvgIpc) is 2.59. The van der Waals surface area contributed by atoms with Gasteiger partial charge in [0.15, 0.2) is 0 Å². The van der Waals surface area contributed by atoms with Gasteiger partial charge in [-0.2, -0.15) is 0 Å². The number of H-pyrrole nitrogens is 1. The highest BCUT2D eigenvalue weighted by molar-refractivity contribution is 5.85. The van der Waals surface area contributed by atoms with Crippen LogP contribution in [0.1, 0.15) is 23.5 Å². The molecule has 0 fully saturated rings. The number of imidazole rings is 1. The lowest BCUT2D eigenvalue weighted by atomic mass is 10.2. The molecule has 2 rings (SSSR count). The van der Waals surface area contributed by atoms with Crippen LogP contribution in [0.15, 0.2) is 0 Å². The molecule has 0 saturated heterocycles. The minimum atomic E-state index is -0.420. The van der Waals surface area contributed by atoms with E-state index in [1.807, 2.05) is 12.2 Å². The number of aromatic amines is 1. The molecule has 4 nitrogen and oxygen atoms in total. The molecular formula is C9H10N2O2. The molecule has 13 heavy (non-hydrogen) atoms. The summed E-state index contributed by atoms with van der Waals surface area (Å²) in [4.78, 5) is 18.1. The van der Waals surface area contributed by atoms with Crippen LogP contribution in [0.3, 0.4) is 0 Å². The van der Waals surface area contributed by atoms with Gasteiger partial charge in [-0.05, 0) is 12.8 Å². The summed E-state index contributed by atoms with van der Waals surface area (Å²) in [5.74, 6) is -0.141. The van der Waals surface area contributed by atoms with Crippen molar-refractivity contribution >= 4 is 18.1 Å². The molecule has 1 aliphatic carbocycles. The second-order valence-electron chi connectivity index (χ2n) is 2.86. The summed E-state index contributed by atoms with van der Waals surface area (Å²) in [6.07, 6.45) is 6.03. The van der Waals surface area contributed by atoms with Crippen LogP contribution in [0.25, 0.3) is 12.2 Å². The summed E-state index contributed by atoms with van der Waals surface area (Å²) in [5, 5.41) is 1.78. The van der Waals surface area contributed by atoms with Crippen molar-refractivity contribution in [3.63, 3.8) is 0 Å². The first-order valence-corrected chi connectivity index (χ1v) is 4.16. The van der Waals surface area contributed by atoms with E-state index in [4.69, 9.17) is 0 Å². The Balaban J connectivity index is 2.54. The summed E-state index contributed by atoms with van der Waals surface area (Å²) in [7, 11) is 1.34. The van der Waals surface area contributed by atoms with E-state index in [9.17, 15) is 4.79 Å². The number of aromatic nitrogens is 2. The lowest BCUT2D eigenvalue weighted by Crippen LogP contribution is -2.26. The van der Waals surface area contributed by atoms with Crippen molar-refractivity contribution < 1.29 is 9.53 Å². The molecule has 0 bridgehead atoms. The van der Waals surface area contributed by atoms with Crippen LogP contribution < -0.4 is 10.7 Å². The van der Waals surface area contributed by atoms with Crippen LogP contribution in [0.5, 0.6) is 0 Å². The lowest BCUT2D eigenvalue weighted by Gasteiger charge is -1.90. The average molecular weight is 178 g/mol. The number of nitrogens with zero attached hydrogens (tertiary/aromatic N) is 1. The predicted octanol–water partition coefficient (Wildman–Crippen LogP) is -0.449. The van der Waals surface area contributed by atoms with Crippen molar-refractivity contribution in [2.45, 2.75) is 12.8 Å². The third kappa shape index (κ3) is 1.35. The number of nitrogens with one attached hydrogen (secondary N) is 1. The lowest BCUT2D eigenvalue weighted by molar-refractivity contribution is 0.0588. The Hall–Kier alpha value is -1.58. The zero-order chi connectivity index (χ0) is 9.26. The number of hydrogen-bond donors (Lipinski definition) is 1. The van der Waals surface area contributed by atoms with Gasteiger partial charge < -0.3 is 9.72 Å². The Bertz CT molecular complexity index is 411. The normalized spacial score (nSPS) is 13.9. The van der Waals surface area contributed by atoms with Crippen LogP contribution in [-0.4, -0.2) is 23.0 Å². The van der Waals surface area contributed by atoms with Crippen molar-refractivity contribution in [2.24, 2.45) is 0 Å². The Morgan fingerprint density at radius 3 is 3.00 bits per heavy atom. The van der Waals surface area contributed by atoms with Gasteiger partial charge in [-0.3, -0.25) is 0 Å². The van der Waals surface area contributed by atoms with Crippen molar-refractivity contribution in [3.8, 4) is 0 Å². The van der Waals surface area contributed by atoms with Crippen molar-refractivity contribution in [2.75, 3.05) is 7.11 Å². The molecule has 0 radical (unpaired) electrons. The molecule has 68 valence electrons. The van der Waals surface area contributed by atoms with Gasteiger partial charge in [-0.15, -0.1) is 0 Å². The monoisotopic (exact) mass is 178 g/mol. The zero-order valence-corrected chi connectivity index (χ0v) is 7.33. The van der Waals surface area contributed by atoms with Gasteiger partial charge in [0.1, 0.15) is 0 Å². The fraction of sp³-hybridized carbons (Fsp3) is 0.333. The van der Waals surface area contributed by atoms with Gasteiger partial charge in [-0.1, -0.05) is 12.2 Å². The maximum atomic E-state index is 11.1. The number of esters is 1. The summed E-state index contributed by atoms with van der Waals surface area (Å²) < 4.78 is 4.55. The number of fused-ring (bicyclic) bond motifs is 1. The molecule has 0 aliphatic heterocycles. The Labute approximate surface area is 74.9 Å². The highest BCUT2D eigenvalue weighted by Crippen LogP contribution is 1.94. The van der Waals surface area contributed by atoms with Crippen LogP contribution in [0.2, 0.25) is 0 Å². The van der Waals surface area contributed by atoms with Crippen molar-refractivity contribution in [1.82, 2.24) is 9.97 Å². The summed E-state index contributed by atoms with van der Waals surface area (Å²) in [6.45, 7) is 0. The first-order chi connectivity index (χ1) is 6.31. The van der Waals surface area contributed by atoms with Crippen molar-refractivity contribution in [3.05, 3.63) is 16.5 Å². The molecule has 0 unspecified atom stereocenters. The first-order valence-electron chi connectivity index (χ1n) is 4.16. The van der Waals surface area contributed by atoms with Crippen LogP contribution in [-0.2, 0) is 4.74 Å². The fourth-order valence-electron chi connectivity index (χ4n) is 1.35. The number of carbonyl (C=O) groups is 1. The molecule has 0 amide bonds. The van der Waals surface area contributed by atoms with E-state index in [2.05, 4.69) is 14.7 Å². The number of rotatable bonds is 1. The van der Waals surface area contributed by atoms with Crippen molar-refractivity contribution in [1.29, 1.82) is 0 Å². The Morgan fingerprint density at radius 2 is 2.31 bits per heavy atom. The molecule has 4 heteroatoms. The van der Waals surface area contributed by atoms with Gasteiger partial charge in [0.25, 0.3) is 0 Å². The Kier molecular flexibility index (Phi) is 1.88. The van der Waals surface area contributed by atoms with E-state index in [0.717, 1.165) is 23.5 Å². The van der Waals surface area contributed by atoms with E-state index in [1.165, 1.54) is 7.11 Å². The van der Waals surface area contributed by atoms with E-state index in [1.54, 1.807) is 0 Å². The summed E-state index contributed by atoms with van der Waals surface area (Å²) in [6, 6.07) is 0. The molecule has 0 aromatic carbocycles. The van der Waals surface area contributed by atoms with E-state index >= 15 is 0 Å². The second-order valence-corrected chi connectivity index (χ2v) is 2.86. The fourth-order valence-corrected chi connectivity index (χ4v) is 1.35. The third-order valence-corrected chi connectivity index (χ3v) is 1.99. The molecule has 1 heterocycles. The van der Waals surface area contributed by atoms with Gasteiger partial charge in [0.05, 0.1) is 17.8 Å². The highest BCUT2D eigenvalue weighted by Gasteiger charge is 2.09. The predicted molar refractivity (Wildman–Crippen MR) is 47.3 cm³/mol. The Morgan fingerprint density at radius 1 is 1.54 bits per heavy atom. The number of methoxy groups -OCH3 is 1. The molecule has 1 aromatic rings. The summed E-state index contributed by atoms with van der Waals surface area (Å²) in [5.41, 5.74) is 0. The largest absolute Gasteiger partial charge is 0.463 e. The smallest absolute Gasteiger partial charge is 0.374 e. The minimum Gasteiger partial charge on any atom is -0.463 e. The molecule has 0 spiro atoms. The molecule has 1 aliphatic rings. The van der Waals surface area contributed by atoms with E-state index < -0.39 is 5.97 Å². The molecule has 1 N–H and O–H groups in total. The molecule has 0 atom stereocenters. The van der Waals surface area contributed by atoms with E-state index in [0.29, 0.717) is 0 Å². The highest BCUT2D eigenvalue weighted by atomic mass is 16.5. The van der Waals surface area contributed by atoms with E-state index in [-0.39, 0.29) is 5.82 Å². The first kappa shape index (κ1) is 8.04. The van der Waals surface area contributed by atoms with Gasteiger partial charge in [0, 0.05) is 0 Å². The number of hydrogen-bond acceptors (Lipinski definition) is 3. The quantitative estimate of drug-likeness (QED) is 0.593. The maximum Gasteiger partial charge on any atom is 0.374 e. The van der Waals surface area contributed by atoms with Crippen LogP contribution in [0.4, 0.5) is 0 Å². The number of carbonyl (C=O) groups excluding carboxylic acids is 1. The molecular weight excluding hydrogens is 168 g/mol. The third-order valence-electron chi connectivity index (χ3n) is 1.99. The number of ether oxygens (including phenoxy) is 1. The summed E-state index contributed by atoms with van der Waals surface area (Å²) >= 11 is 0.